The standard InChI is InChI=1S/C47H53O7S.ClH/c1-46(31-16-27-14-28(18-31)19-32(46)17-27)53-43(48)25-39(45(50)52-26-44(49)54-47(2)33-20-29-15-30(22-33)23-34(47)21-29)38-24-35(12-13-40(38)51-3)55-41-10-6-4-8-36(41)37-9-5-7-11-42(37)55;/h4-13,24,27-34,39H,14-23,25-26H2,1-3H3;1H/q+1;/p-1. The van der Waals surface area contributed by atoms with Crippen molar-refractivity contribution in [3.05, 3.63) is 72.3 Å². The van der Waals surface area contributed by atoms with E-state index in [0.717, 1.165) is 79.9 Å². The molecule has 0 amide bonds. The van der Waals surface area contributed by atoms with Crippen LogP contribution in [0.2, 0.25) is 0 Å². The zero-order valence-electron chi connectivity index (χ0n) is 32.7. The molecular weight excluding hydrogens is 744 g/mol. The number of benzene rings is 3. The van der Waals surface area contributed by atoms with Crippen molar-refractivity contribution in [2.24, 2.45) is 47.3 Å². The highest BCUT2D eigenvalue weighted by Crippen LogP contribution is 2.61. The van der Waals surface area contributed by atoms with Crippen LogP contribution in [0.1, 0.15) is 96.0 Å². The monoisotopic (exact) mass is 796 g/mol. The molecule has 9 heteroatoms. The fourth-order valence-electron chi connectivity index (χ4n) is 13.1. The molecule has 1 unspecified atom stereocenters. The summed E-state index contributed by atoms with van der Waals surface area (Å²) in [6.45, 7) is 3.73. The maximum Gasteiger partial charge on any atom is 0.344 e. The van der Waals surface area contributed by atoms with Crippen LogP contribution in [0.25, 0.3) is 25.1 Å². The van der Waals surface area contributed by atoms with Crippen LogP contribution in [-0.4, -0.2) is 42.8 Å². The van der Waals surface area contributed by atoms with E-state index >= 15 is 0 Å². The van der Waals surface area contributed by atoms with E-state index < -0.39 is 52.1 Å². The number of hydrogen-bond donors (Lipinski definition) is 0. The van der Waals surface area contributed by atoms with Crippen LogP contribution in [-0.2, 0) is 28.6 Å². The second kappa shape index (κ2) is 14.3. The molecule has 8 bridgehead atoms. The quantitative estimate of drug-likeness (QED) is 0.0948. The van der Waals surface area contributed by atoms with E-state index in [1.165, 1.54) is 33.0 Å². The van der Waals surface area contributed by atoms with Gasteiger partial charge in [0.25, 0.3) is 0 Å². The number of ether oxygens (including phenoxy) is 4. The molecule has 0 aliphatic heterocycles. The lowest BCUT2D eigenvalue weighted by molar-refractivity contribution is -0.207. The summed E-state index contributed by atoms with van der Waals surface area (Å²) in [7, 11) is 1.15. The first-order valence-corrected chi connectivity index (χ1v) is 22.0. The zero-order chi connectivity index (χ0) is 37.6. The fraction of sp³-hybridized carbons (Fsp3) is 0.553. The predicted octanol–water partition coefficient (Wildman–Crippen LogP) is 7.28. The van der Waals surface area contributed by atoms with Crippen molar-refractivity contribution < 1.29 is 45.7 Å². The molecule has 8 fully saturated rings. The van der Waals surface area contributed by atoms with Crippen LogP contribution in [0, 0.1) is 47.3 Å². The summed E-state index contributed by atoms with van der Waals surface area (Å²) in [5, 5.41) is 2.40. The highest BCUT2D eigenvalue weighted by Gasteiger charge is 2.58. The Morgan fingerprint density at radius 1 is 0.661 bits per heavy atom. The Kier molecular flexibility index (Phi) is 9.71. The Labute approximate surface area is 338 Å². The molecule has 4 aromatic rings. The molecule has 0 spiro atoms. The summed E-state index contributed by atoms with van der Waals surface area (Å²) < 4.78 is 27.0. The van der Waals surface area contributed by atoms with Gasteiger partial charge in [-0.15, -0.1) is 0 Å². The number of methoxy groups -OCH3 is 1. The van der Waals surface area contributed by atoms with Crippen molar-refractivity contribution in [2.75, 3.05) is 13.7 Å². The van der Waals surface area contributed by atoms with Crippen LogP contribution in [0.4, 0.5) is 0 Å². The third-order valence-corrected chi connectivity index (χ3v) is 17.8. The lowest BCUT2D eigenvalue weighted by Crippen LogP contribution is -3.00. The number of hydrogen-bond acceptors (Lipinski definition) is 7. The summed E-state index contributed by atoms with van der Waals surface area (Å²) in [4.78, 5) is 43.2. The zero-order valence-corrected chi connectivity index (χ0v) is 34.2. The lowest BCUT2D eigenvalue weighted by Gasteiger charge is -2.59. The van der Waals surface area contributed by atoms with Gasteiger partial charge in [0, 0.05) is 38.9 Å². The van der Waals surface area contributed by atoms with Gasteiger partial charge in [-0.05, 0) is 156 Å². The number of esters is 3. The predicted molar refractivity (Wildman–Crippen MR) is 213 cm³/mol. The van der Waals surface area contributed by atoms with E-state index in [4.69, 9.17) is 18.9 Å². The summed E-state index contributed by atoms with van der Waals surface area (Å²) in [6, 6.07) is 22.9. The van der Waals surface area contributed by atoms with Gasteiger partial charge in [-0.3, -0.25) is 9.59 Å². The molecule has 7 nitrogen and oxygen atoms in total. The van der Waals surface area contributed by atoms with Gasteiger partial charge in [0.15, 0.2) is 20.9 Å². The molecule has 0 radical (unpaired) electrons. The van der Waals surface area contributed by atoms with Crippen LogP contribution in [0.15, 0.2) is 66.7 Å². The van der Waals surface area contributed by atoms with Crippen molar-refractivity contribution in [1.29, 1.82) is 0 Å². The van der Waals surface area contributed by atoms with E-state index in [1.807, 2.05) is 12.1 Å². The number of rotatable bonds is 10. The largest absolute Gasteiger partial charge is 1.00 e. The van der Waals surface area contributed by atoms with Gasteiger partial charge in [-0.1, -0.05) is 24.3 Å². The first-order chi connectivity index (χ1) is 26.6. The van der Waals surface area contributed by atoms with Crippen molar-refractivity contribution in [2.45, 2.75) is 102 Å². The van der Waals surface area contributed by atoms with Gasteiger partial charge < -0.3 is 31.4 Å². The summed E-state index contributed by atoms with van der Waals surface area (Å²) in [6.07, 6.45) is 11.3. The molecule has 1 atom stereocenters. The van der Waals surface area contributed by atoms with Crippen LogP contribution in [0.3, 0.4) is 0 Å². The highest BCUT2D eigenvalue weighted by molar-refractivity contribution is 7.50. The molecule has 0 saturated heterocycles. The minimum atomic E-state index is -1.04. The van der Waals surface area contributed by atoms with Crippen molar-refractivity contribution in [3.8, 4) is 10.6 Å². The molecule has 3 aromatic carbocycles. The summed E-state index contributed by atoms with van der Waals surface area (Å²) >= 11 is 0. The van der Waals surface area contributed by atoms with Crippen LogP contribution < -0.4 is 17.1 Å². The van der Waals surface area contributed by atoms with Crippen LogP contribution >= 0.6 is 10.5 Å². The van der Waals surface area contributed by atoms with Gasteiger partial charge >= 0.3 is 17.9 Å². The number of thiophene rings is 1. The minimum Gasteiger partial charge on any atom is -1.00 e. The topological polar surface area (TPSA) is 88.1 Å². The van der Waals surface area contributed by atoms with Crippen molar-refractivity contribution >= 4 is 48.6 Å². The molecule has 0 N–H and O–H groups in total. The Morgan fingerprint density at radius 3 is 1.61 bits per heavy atom. The highest BCUT2D eigenvalue weighted by atomic mass is 35.5. The van der Waals surface area contributed by atoms with Gasteiger partial charge in [0.05, 0.1) is 19.4 Å². The fourth-order valence-corrected chi connectivity index (χ4v) is 15.5. The first-order valence-electron chi connectivity index (χ1n) is 20.8. The molecule has 1 heterocycles. The normalized spacial score (nSPS) is 33.9. The molecule has 8 saturated carbocycles. The first kappa shape index (κ1) is 37.9. The minimum absolute atomic E-state index is 0. The number of carbonyl (C=O) groups excluding carboxylic acids is 3. The van der Waals surface area contributed by atoms with Crippen LogP contribution in [0.5, 0.6) is 5.75 Å². The average molecular weight is 797 g/mol. The third kappa shape index (κ3) is 6.23. The summed E-state index contributed by atoms with van der Waals surface area (Å²) in [5.41, 5.74) is -0.505. The SMILES string of the molecule is COc1ccc(-[s+]2c3ccccc3c3ccccc32)cc1C(CC(=O)OC1(C)C2CC3CC(C2)CC1C3)C(=O)OCC(=O)OC1(C)C2CC3CC(C2)CC1C3.[Cl-]. The number of halogens is 1. The molecule has 56 heavy (non-hydrogen) atoms. The maximum absolute atomic E-state index is 14.4. The Hall–Kier alpha value is -3.62. The Bertz CT molecular complexity index is 2080. The van der Waals surface area contributed by atoms with E-state index in [1.54, 1.807) is 7.11 Å². The second-order valence-corrected chi connectivity index (χ2v) is 20.5. The van der Waals surface area contributed by atoms with E-state index in [2.05, 4.69) is 68.4 Å². The number of fused-ring (bicyclic) bond motifs is 3. The molecule has 12 rings (SSSR count). The average Bonchev–Trinajstić information content (AvgIpc) is 3.51. The third-order valence-electron chi connectivity index (χ3n) is 15.5. The maximum atomic E-state index is 14.4. The smallest absolute Gasteiger partial charge is 0.344 e. The lowest BCUT2D eigenvalue weighted by atomic mass is 9.50. The second-order valence-electron chi connectivity index (χ2n) is 18.5. The Balaban J connectivity index is 0.00000410. The molecule has 1 aromatic heterocycles. The van der Waals surface area contributed by atoms with Gasteiger partial charge in [-0.2, -0.15) is 0 Å². The summed E-state index contributed by atoms with van der Waals surface area (Å²) in [5.74, 6) is 2.24. The molecular formula is C47H53ClO7S. The van der Waals surface area contributed by atoms with Gasteiger partial charge in [0.1, 0.15) is 17.0 Å². The van der Waals surface area contributed by atoms with Crippen molar-refractivity contribution in [3.63, 3.8) is 0 Å². The van der Waals surface area contributed by atoms with E-state index in [0.29, 0.717) is 35.0 Å². The van der Waals surface area contributed by atoms with Crippen molar-refractivity contribution in [1.82, 2.24) is 0 Å². The van der Waals surface area contributed by atoms with E-state index in [-0.39, 0.29) is 18.8 Å². The number of carbonyl (C=O) groups is 3. The van der Waals surface area contributed by atoms with E-state index in [9.17, 15) is 14.4 Å². The molecule has 8 aliphatic rings. The Morgan fingerprint density at radius 2 is 1.12 bits per heavy atom. The van der Waals surface area contributed by atoms with Gasteiger partial charge in [0.2, 0.25) is 0 Å². The molecule has 8 aliphatic carbocycles. The molecule has 296 valence electrons. The van der Waals surface area contributed by atoms with Gasteiger partial charge in [-0.25, -0.2) is 4.79 Å².